The van der Waals surface area contributed by atoms with Gasteiger partial charge in [0.2, 0.25) is 0 Å². The number of hydrogen-bond acceptors (Lipinski definition) is 3. The van der Waals surface area contributed by atoms with Crippen LogP contribution in [0.5, 0.6) is 5.75 Å². The largest absolute Gasteiger partial charge is 0.491 e. The van der Waals surface area contributed by atoms with Crippen LogP contribution in [0.2, 0.25) is 0 Å². The van der Waals surface area contributed by atoms with Crippen LogP contribution in [0.15, 0.2) is 42.7 Å². The van der Waals surface area contributed by atoms with Crippen LogP contribution in [0, 0.1) is 13.8 Å². The van der Waals surface area contributed by atoms with Gasteiger partial charge in [-0.05, 0) is 37.6 Å². The third kappa shape index (κ3) is 3.82. The van der Waals surface area contributed by atoms with Crippen molar-refractivity contribution in [1.29, 1.82) is 0 Å². The molecule has 2 aromatic rings. The van der Waals surface area contributed by atoms with E-state index in [9.17, 15) is 4.79 Å². The van der Waals surface area contributed by atoms with Crippen LogP contribution in [0.3, 0.4) is 0 Å². The molecule has 20 heavy (non-hydrogen) atoms. The lowest BCUT2D eigenvalue weighted by atomic mass is 10.1. The van der Waals surface area contributed by atoms with E-state index in [1.165, 1.54) is 5.56 Å². The summed E-state index contributed by atoms with van der Waals surface area (Å²) in [5.41, 5.74) is 2.86. The first-order valence-electron chi connectivity index (χ1n) is 6.55. The van der Waals surface area contributed by atoms with Gasteiger partial charge < -0.3 is 10.1 Å². The van der Waals surface area contributed by atoms with Gasteiger partial charge in [-0.25, -0.2) is 0 Å². The maximum Gasteiger partial charge on any atom is 0.252 e. The van der Waals surface area contributed by atoms with Crippen molar-refractivity contribution in [3.63, 3.8) is 0 Å². The molecular formula is C16H18N2O2. The number of pyridine rings is 1. The van der Waals surface area contributed by atoms with Gasteiger partial charge in [-0.1, -0.05) is 17.7 Å². The molecule has 0 bridgehead atoms. The van der Waals surface area contributed by atoms with Gasteiger partial charge in [-0.15, -0.1) is 0 Å². The Morgan fingerprint density at radius 1 is 1.30 bits per heavy atom. The van der Waals surface area contributed by atoms with Crippen LogP contribution in [-0.2, 0) is 0 Å². The fraction of sp³-hybridized carbons (Fsp3) is 0.250. The SMILES string of the molecule is Cc1ccc(OCCNC(=O)c2cccnc2)c(C)c1. The van der Waals surface area contributed by atoms with Crippen LogP contribution in [0.4, 0.5) is 0 Å². The number of nitrogens with zero attached hydrogens (tertiary/aromatic N) is 1. The Morgan fingerprint density at radius 2 is 2.15 bits per heavy atom. The van der Waals surface area contributed by atoms with E-state index in [-0.39, 0.29) is 5.91 Å². The standard InChI is InChI=1S/C16H18N2O2/c1-12-5-6-15(13(2)10-12)20-9-8-18-16(19)14-4-3-7-17-11-14/h3-7,10-11H,8-9H2,1-2H3,(H,18,19). The summed E-state index contributed by atoms with van der Waals surface area (Å²) in [6, 6.07) is 9.50. The summed E-state index contributed by atoms with van der Waals surface area (Å²) < 4.78 is 5.65. The van der Waals surface area contributed by atoms with Crippen molar-refractivity contribution in [3.8, 4) is 5.75 Å². The zero-order valence-corrected chi connectivity index (χ0v) is 11.7. The average Bonchev–Trinajstić information content (AvgIpc) is 2.46. The molecule has 4 nitrogen and oxygen atoms in total. The maximum absolute atomic E-state index is 11.8. The van der Waals surface area contributed by atoms with Gasteiger partial charge in [0.15, 0.2) is 0 Å². The van der Waals surface area contributed by atoms with E-state index < -0.39 is 0 Å². The lowest BCUT2D eigenvalue weighted by Gasteiger charge is -2.10. The smallest absolute Gasteiger partial charge is 0.252 e. The van der Waals surface area contributed by atoms with Gasteiger partial charge >= 0.3 is 0 Å². The zero-order chi connectivity index (χ0) is 14.4. The second-order valence-corrected chi connectivity index (χ2v) is 4.62. The molecule has 1 amide bonds. The third-order valence-electron chi connectivity index (χ3n) is 2.90. The fourth-order valence-corrected chi connectivity index (χ4v) is 1.89. The number of nitrogens with one attached hydrogen (secondary N) is 1. The first-order chi connectivity index (χ1) is 9.66. The Kier molecular flexibility index (Phi) is 4.71. The summed E-state index contributed by atoms with van der Waals surface area (Å²) in [5.74, 6) is 0.716. The quantitative estimate of drug-likeness (QED) is 0.849. The number of hydrogen-bond donors (Lipinski definition) is 1. The van der Waals surface area contributed by atoms with Crippen LogP contribution in [0.1, 0.15) is 21.5 Å². The molecule has 4 heteroatoms. The molecule has 104 valence electrons. The molecule has 0 unspecified atom stereocenters. The predicted octanol–water partition coefficient (Wildman–Crippen LogP) is 2.51. The number of carbonyl (C=O) groups excluding carboxylic acids is 1. The topological polar surface area (TPSA) is 51.2 Å². The Labute approximate surface area is 118 Å². The Hall–Kier alpha value is -2.36. The highest BCUT2D eigenvalue weighted by Crippen LogP contribution is 2.18. The lowest BCUT2D eigenvalue weighted by Crippen LogP contribution is -2.28. The number of amides is 1. The van der Waals surface area contributed by atoms with E-state index in [2.05, 4.69) is 16.4 Å². The maximum atomic E-state index is 11.8. The first kappa shape index (κ1) is 14.1. The van der Waals surface area contributed by atoms with Crippen molar-refractivity contribution in [2.45, 2.75) is 13.8 Å². The van der Waals surface area contributed by atoms with E-state index in [0.717, 1.165) is 11.3 Å². The number of benzene rings is 1. The second-order valence-electron chi connectivity index (χ2n) is 4.62. The normalized spacial score (nSPS) is 10.1. The lowest BCUT2D eigenvalue weighted by molar-refractivity contribution is 0.0946. The molecule has 0 saturated carbocycles. The minimum absolute atomic E-state index is 0.137. The van der Waals surface area contributed by atoms with Gasteiger partial charge in [-0.2, -0.15) is 0 Å². The molecule has 0 saturated heterocycles. The molecule has 0 fully saturated rings. The number of ether oxygens (including phenoxy) is 1. The fourth-order valence-electron chi connectivity index (χ4n) is 1.89. The highest BCUT2D eigenvalue weighted by atomic mass is 16.5. The third-order valence-corrected chi connectivity index (χ3v) is 2.90. The van der Waals surface area contributed by atoms with Crippen LogP contribution in [-0.4, -0.2) is 24.0 Å². The molecule has 0 atom stereocenters. The Balaban J connectivity index is 1.78. The van der Waals surface area contributed by atoms with Crippen molar-refractivity contribution >= 4 is 5.91 Å². The molecule has 1 heterocycles. The summed E-state index contributed by atoms with van der Waals surface area (Å²) >= 11 is 0. The Bertz CT molecular complexity index is 582. The molecule has 0 spiro atoms. The molecule has 0 aliphatic heterocycles. The molecule has 0 aliphatic carbocycles. The zero-order valence-electron chi connectivity index (χ0n) is 11.7. The van der Waals surface area contributed by atoms with Crippen molar-refractivity contribution in [3.05, 3.63) is 59.4 Å². The molecule has 1 aromatic heterocycles. The van der Waals surface area contributed by atoms with Gasteiger partial charge in [0.1, 0.15) is 12.4 Å². The first-order valence-corrected chi connectivity index (χ1v) is 6.55. The molecule has 1 N–H and O–H groups in total. The highest BCUT2D eigenvalue weighted by molar-refractivity contribution is 5.93. The predicted molar refractivity (Wildman–Crippen MR) is 78.0 cm³/mol. The number of aromatic nitrogens is 1. The van der Waals surface area contributed by atoms with E-state index in [1.807, 2.05) is 26.0 Å². The van der Waals surface area contributed by atoms with Crippen LogP contribution in [0.25, 0.3) is 0 Å². The van der Waals surface area contributed by atoms with Gasteiger partial charge in [0, 0.05) is 12.4 Å². The molecular weight excluding hydrogens is 252 g/mol. The molecule has 2 rings (SSSR count). The summed E-state index contributed by atoms with van der Waals surface area (Å²) in [6.07, 6.45) is 3.18. The van der Waals surface area contributed by atoms with Crippen LogP contribution >= 0.6 is 0 Å². The van der Waals surface area contributed by atoms with Crippen molar-refractivity contribution in [1.82, 2.24) is 10.3 Å². The molecule has 1 aromatic carbocycles. The van der Waals surface area contributed by atoms with Crippen molar-refractivity contribution in [2.24, 2.45) is 0 Å². The minimum atomic E-state index is -0.137. The summed E-state index contributed by atoms with van der Waals surface area (Å²) in [6.45, 7) is 4.96. The van der Waals surface area contributed by atoms with E-state index in [4.69, 9.17) is 4.74 Å². The molecule has 0 radical (unpaired) electrons. The second kappa shape index (κ2) is 6.70. The average molecular weight is 270 g/mol. The highest BCUT2D eigenvalue weighted by Gasteiger charge is 2.04. The summed E-state index contributed by atoms with van der Waals surface area (Å²) in [5, 5.41) is 2.80. The number of carbonyl (C=O) groups is 1. The Morgan fingerprint density at radius 3 is 2.85 bits per heavy atom. The number of rotatable bonds is 5. The van der Waals surface area contributed by atoms with Crippen LogP contribution < -0.4 is 10.1 Å². The van der Waals surface area contributed by atoms with Gasteiger partial charge in [-0.3, -0.25) is 9.78 Å². The monoisotopic (exact) mass is 270 g/mol. The summed E-state index contributed by atoms with van der Waals surface area (Å²) in [4.78, 5) is 15.7. The van der Waals surface area contributed by atoms with E-state index in [1.54, 1.807) is 24.5 Å². The van der Waals surface area contributed by atoms with Crippen molar-refractivity contribution in [2.75, 3.05) is 13.2 Å². The minimum Gasteiger partial charge on any atom is -0.491 e. The van der Waals surface area contributed by atoms with E-state index >= 15 is 0 Å². The number of aryl methyl sites for hydroxylation is 2. The summed E-state index contributed by atoms with van der Waals surface area (Å²) in [7, 11) is 0. The molecule has 0 aliphatic rings. The van der Waals surface area contributed by atoms with Crippen molar-refractivity contribution < 1.29 is 9.53 Å². The van der Waals surface area contributed by atoms with Gasteiger partial charge in [0.05, 0.1) is 12.1 Å². The van der Waals surface area contributed by atoms with Gasteiger partial charge in [0.25, 0.3) is 5.91 Å². The van der Waals surface area contributed by atoms with E-state index in [0.29, 0.717) is 18.7 Å².